The fraction of sp³-hybridized carbons (Fsp3) is 0.172. The lowest BCUT2D eigenvalue weighted by Gasteiger charge is -2.30. The molecule has 4 aromatic rings. The third kappa shape index (κ3) is 5.63. The summed E-state index contributed by atoms with van der Waals surface area (Å²) < 4.78 is 11.3. The number of aromatic amines is 1. The molecule has 0 radical (unpaired) electrons. The number of carbonyl (C=O) groups is 3. The number of halogens is 3. The van der Waals surface area contributed by atoms with Crippen molar-refractivity contribution in [3.8, 4) is 11.5 Å². The fourth-order valence-electron chi connectivity index (χ4n) is 5.13. The molecule has 3 atom stereocenters. The zero-order chi connectivity index (χ0) is 30.4. The number of thiazole rings is 1. The third-order valence-corrected chi connectivity index (χ3v) is 10.4. The average molecular weight is 677 g/mol. The smallest absolute Gasteiger partial charge is 0.305 e. The monoisotopic (exact) mass is 675 g/mol. The summed E-state index contributed by atoms with van der Waals surface area (Å²) in [6.07, 6.45) is 0. The van der Waals surface area contributed by atoms with Crippen LogP contribution < -0.4 is 24.6 Å². The van der Waals surface area contributed by atoms with Crippen LogP contribution in [-0.2, 0) is 14.4 Å². The van der Waals surface area contributed by atoms with Crippen LogP contribution in [0.1, 0.15) is 16.4 Å². The van der Waals surface area contributed by atoms with Crippen LogP contribution in [-0.4, -0.2) is 41.7 Å². The Kier molecular flexibility index (Phi) is 8.18. The molecule has 2 aliphatic heterocycles. The lowest BCUT2D eigenvalue weighted by Crippen LogP contribution is -2.32. The molecule has 1 saturated heterocycles. The summed E-state index contributed by atoms with van der Waals surface area (Å²) in [7, 11) is 1.45. The van der Waals surface area contributed by atoms with E-state index in [1.165, 1.54) is 29.8 Å². The molecule has 2 aliphatic rings. The molecular weight excluding hydrogens is 657 g/mol. The molecule has 14 heteroatoms. The number of nitrogens with zero attached hydrogens (tertiary/aromatic N) is 1. The third-order valence-electron chi connectivity index (χ3n) is 7.02. The van der Waals surface area contributed by atoms with E-state index < -0.39 is 23.0 Å². The summed E-state index contributed by atoms with van der Waals surface area (Å²) >= 11 is 20.2. The fourth-order valence-corrected chi connectivity index (χ4v) is 8.07. The van der Waals surface area contributed by atoms with Gasteiger partial charge in [-0.25, -0.2) is 4.90 Å². The number of hydrogen-bond acceptors (Lipinski definition) is 8. The molecule has 9 nitrogen and oxygen atoms in total. The average Bonchev–Trinajstić information content (AvgIpc) is 3.48. The Bertz CT molecular complexity index is 1830. The van der Waals surface area contributed by atoms with E-state index in [0.717, 1.165) is 11.3 Å². The summed E-state index contributed by atoms with van der Waals surface area (Å²) in [6, 6.07) is 16.3. The number of rotatable bonds is 7. The molecule has 3 heterocycles. The molecule has 3 aromatic carbocycles. The van der Waals surface area contributed by atoms with Crippen molar-refractivity contribution in [2.45, 2.75) is 16.2 Å². The molecule has 43 heavy (non-hydrogen) atoms. The first-order valence-corrected chi connectivity index (χ1v) is 15.6. The van der Waals surface area contributed by atoms with Gasteiger partial charge in [0.05, 0.1) is 33.8 Å². The Morgan fingerprint density at radius 2 is 1.72 bits per heavy atom. The molecule has 0 bridgehead atoms. The molecule has 2 unspecified atom stereocenters. The van der Waals surface area contributed by atoms with Crippen molar-refractivity contribution in [2.75, 3.05) is 23.9 Å². The van der Waals surface area contributed by atoms with E-state index in [1.807, 2.05) is 0 Å². The number of H-pyrrole nitrogens is 1. The number of amides is 3. The van der Waals surface area contributed by atoms with Crippen molar-refractivity contribution in [1.82, 2.24) is 4.98 Å². The van der Waals surface area contributed by atoms with Crippen LogP contribution >= 0.6 is 57.9 Å². The molecule has 2 N–H and O–H groups in total. The number of aromatic nitrogens is 1. The van der Waals surface area contributed by atoms with Gasteiger partial charge in [-0.1, -0.05) is 64.0 Å². The SMILES string of the molecule is COc1cc([C@H]2c3sc(=O)[nH]c3SC3C(=O)N(c4ccc(Cl)cc4)C(=O)C32)ccc1OCC(=O)Nc1ccc(Cl)c(Cl)c1. The standard InChI is InChI=1S/C29H20Cl3N3O6S2/c1-40-20-10-13(2-9-19(20)41-12-21(36)33-15-5-8-17(31)18(32)11-15)22-23-25(42-26-24(22)43-29(39)34-26)28(38)35(27(23)37)16-6-3-14(30)4-7-16/h2-11,22-23,25H,12H2,1H3,(H,33,36)(H,34,39)/t22-,23?,25?/m1/s1. The lowest BCUT2D eigenvalue weighted by atomic mass is 9.83. The van der Waals surface area contributed by atoms with E-state index in [-0.39, 0.29) is 29.0 Å². The lowest BCUT2D eigenvalue weighted by molar-refractivity contribution is -0.122. The van der Waals surface area contributed by atoms with Crippen LogP contribution in [0.25, 0.3) is 0 Å². The molecule has 220 valence electrons. The van der Waals surface area contributed by atoms with E-state index in [0.29, 0.717) is 47.7 Å². The Morgan fingerprint density at radius 3 is 2.44 bits per heavy atom. The first-order valence-electron chi connectivity index (χ1n) is 12.7. The number of thioether (sulfide) groups is 1. The molecule has 0 spiro atoms. The Labute approximate surface area is 268 Å². The second-order valence-corrected chi connectivity index (χ2v) is 13.0. The summed E-state index contributed by atoms with van der Waals surface area (Å²) in [6.45, 7) is -0.326. The zero-order valence-corrected chi connectivity index (χ0v) is 26.0. The van der Waals surface area contributed by atoms with Gasteiger partial charge in [0.1, 0.15) is 5.25 Å². The van der Waals surface area contributed by atoms with Gasteiger partial charge in [-0.2, -0.15) is 0 Å². The highest BCUT2D eigenvalue weighted by Gasteiger charge is 2.56. The van der Waals surface area contributed by atoms with Crippen LogP contribution in [0.15, 0.2) is 70.5 Å². The highest BCUT2D eigenvalue weighted by molar-refractivity contribution is 8.00. The first-order chi connectivity index (χ1) is 20.6. The highest BCUT2D eigenvalue weighted by atomic mass is 35.5. The van der Waals surface area contributed by atoms with Gasteiger partial charge in [-0.3, -0.25) is 19.2 Å². The van der Waals surface area contributed by atoms with Crippen molar-refractivity contribution in [1.29, 1.82) is 0 Å². The maximum absolute atomic E-state index is 13.9. The van der Waals surface area contributed by atoms with E-state index in [2.05, 4.69) is 10.3 Å². The molecule has 1 fully saturated rings. The number of benzene rings is 3. The zero-order valence-electron chi connectivity index (χ0n) is 22.1. The molecule has 0 saturated carbocycles. The number of anilines is 2. The minimum atomic E-state index is -0.777. The number of nitrogens with one attached hydrogen (secondary N) is 2. The molecule has 3 amide bonds. The Balaban J connectivity index is 1.28. The maximum Gasteiger partial charge on any atom is 0.305 e. The van der Waals surface area contributed by atoms with Crippen LogP contribution in [0, 0.1) is 5.92 Å². The second-order valence-electron chi connectivity index (χ2n) is 9.61. The van der Waals surface area contributed by atoms with Crippen LogP contribution in [0.5, 0.6) is 11.5 Å². The Morgan fingerprint density at radius 1 is 0.953 bits per heavy atom. The number of hydrogen-bond donors (Lipinski definition) is 2. The summed E-state index contributed by atoms with van der Waals surface area (Å²) in [5.74, 6) is -1.97. The van der Waals surface area contributed by atoms with Gasteiger partial charge in [0.15, 0.2) is 18.1 Å². The number of ether oxygens (including phenoxy) is 2. The van der Waals surface area contributed by atoms with Crippen molar-refractivity contribution >= 4 is 87.0 Å². The van der Waals surface area contributed by atoms with Gasteiger partial charge < -0.3 is 19.8 Å². The van der Waals surface area contributed by atoms with Gasteiger partial charge in [-0.15, -0.1) is 0 Å². The number of methoxy groups -OCH3 is 1. The predicted molar refractivity (Wildman–Crippen MR) is 167 cm³/mol. The van der Waals surface area contributed by atoms with Gasteiger partial charge in [0.25, 0.3) is 5.91 Å². The van der Waals surface area contributed by atoms with Gasteiger partial charge >= 0.3 is 4.87 Å². The largest absolute Gasteiger partial charge is 0.493 e. The molecule has 1 aromatic heterocycles. The minimum absolute atomic E-state index is 0.281. The second kappa shape index (κ2) is 11.9. The maximum atomic E-state index is 13.9. The van der Waals surface area contributed by atoms with E-state index in [9.17, 15) is 19.2 Å². The van der Waals surface area contributed by atoms with Crippen molar-refractivity contribution in [3.05, 3.63) is 95.8 Å². The van der Waals surface area contributed by atoms with E-state index >= 15 is 0 Å². The minimum Gasteiger partial charge on any atom is -0.493 e. The summed E-state index contributed by atoms with van der Waals surface area (Å²) in [5, 5.41) is 3.63. The Hall–Kier alpha value is -3.48. The predicted octanol–water partition coefficient (Wildman–Crippen LogP) is 6.22. The summed E-state index contributed by atoms with van der Waals surface area (Å²) in [4.78, 5) is 56.8. The van der Waals surface area contributed by atoms with E-state index in [4.69, 9.17) is 44.3 Å². The van der Waals surface area contributed by atoms with Crippen LogP contribution in [0.2, 0.25) is 15.1 Å². The van der Waals surface area contributed by atoms with Crippen molar-refractivity contribution in [2.24, 2.45) is 5.92 Å². The first kappa shape index (κ1) is 29.6. The van der Waals surface area contributed by atoms with Crippen molar-refractivity contribution < 1.29 is 23.9 Å². The quantitative estimate of drug-likeness (QED) is 0.223. The molecular formula is C29H20Cl3N3O6S2. The topological polar surface area (TPSA) is 118 Å². The van der Waals surface area contributed by atoms with Gasteiger partial charge in [0, 0.05) is 21.5 Å². The molecule has 0 aliphatic carbocycles. The van der Waals surface area contributed by atoms with Crippen LogP contribution in [0.4, 0.5) is 11.4 Å². The van der Waals surface area contributed by atoms with E-state index in [1.54, 1.807) is 54.6 Å². The number of carbonyl (C=O) groups excluding carboxylic acids is 3. The van der Waals surface area contributed by atoms with Gasteiger partial charge in [0.2, 0.25) is 11.8 Å². The summed E-state index contributed by atoms with van der Waals surface area (Å²) in [5.41, 5.74) is 1.53. The normalized spacial score (nSPS) is 19.2. The highest BCUT2D eigenvalue weighted by Crippen LogP contribution is 2.53. The number of imide groups is 1. The molecule has 6 rings (SSSR count). The van der Waals surface area contributed by atoms with Crippen LogP contribution in [0.3, 0.4) is 0 Å². The van der Waals surface area contributed by atoms with Gasteiger partial charge in [-0.05, 0) is 60.2 Å². The number of fused-ring (bicyclic) bond motifs is 2. The van der Waals surface area contributed by atoms with Crippen molar-refractivity contribution in [3.63, 3.8) is 0 Å².